The zero-order valence-electron chi connectivity index (χ0n) is 22.6. The molecule has 224 valence electrons. The molecule has 0 aromatic heterocycles. The summed E-state index contributed by atoms with van der Waals surface area (Å²) in [7, 11) is -3.82. The van der Waals surface area contributed by atoms with Crippen LogP contribution in [-0.2, 0) is 35.7 Å². The van der Waals surface area contributed by atoms with Crippen LogP contribution >= 0.6 is 0 Å². The lowest BCUT2D eigenvalue weighted by atomic mass is 10.0. The summed E-state index contributed by atoms with van der Waals surface area (Å²) in [6, 6.07) is 7.15. The van der Waals surface area contributed by atoms with Gasteiger partial charge in [0.05, 0.1) is 17.9 Å². The summed E-state index contributed by atoms with van der Waals surface area (Å²) in [5.41, 5.74) is 11.6. The molecular weight excluding hydrogens is 544 g/mol. The highest BCUT2D eigenvalue weighted by atomic mass is 32.2. The van der Waals surface area contributed by atoms with E-state index in [1.54, 1.807) is 0 Å². The van der Waals surface area contributed by atoms with Crippen LogP contribution in [0.4, 0.5) is 4.79 Å². The predicted molar refractivity (Wildman–Crippen MR) is 148 cm³/mol. The summed E-state index contributed by atoms with van der Waals surface area (Å²) in [5.74, 6) is -2.25. The molecule has 0 unspecified atom stereocenters. The quantitative estimate of drug-likeness (QED) is 0.0826. The summed E-state index contributed by atoms with van der Waals surface area (Å²) in [4.78, 5) is 40.7. The fraction of sp³-hybridized carbons (Fsp3) is 0.600. The molecule has 14 nitrogen and oxygen atoms in total. The van der Waals surface area contributed by atoms with Gasteiger partial charge in [-0.2, -0.15) is 4.72 Å². The van der Waals surface area contributed by atoms with E-state index >= 15 is 0 Å². The molecule has 0 bridgehead atoms. The van der Waals surface area contributed by atoms with E-state index in [1.165, 1.54) is 0 Å². The van der Waals surface area contributed by atoms with Gasteiger partial charge < -0.3 is 36.7 Å². The van der Waals surface area contributed by atoms with E-state index in [1.807, 2.05) is 37.3 Å². The van der Waals surface area contributed by atoms with Gasteiger partial charge in [0.15, 0.2) is 5.96 Å². The number of aliphatic carboxylic acids is 1. The average molecular weight is 585 g/mol. The van der Waals surface area contributed by atoms with Gasteiger partial charge in [0.2, 0.25) is 15.9 Å². The molecule has 0 aliphatic carbocycles. The largest absolute Gasteiger partial charge is 0.480 e. The van der Waals surface area contributed by atoms with E-state index in [9.17, 15) is 27.9 Å². The van der Waals surface area contributed by atoms with Crippen molar-refractivity contribution in [3.8, 4) is 0 Å². The zero-order valence-corrected chi connectivity index (χ0v) is 23.4. The highest BCUT2D eigenvalue weighted by molar-refractivity contribution is 7.89. The van der Waals surface area contributed by atoms with Crippen molar-refractivity contribution in [2.75, 3.05) is 18.8 Å². The second kappa shape index (κ2) is 16.6. The number of unbranched alkanes of at least 4 members (excludes halogenated alkanes) is 1. The summed E-state index contributed by atoms with van der Waals surface area (Å²) < 4.78 is 37.6. The van der Waals surface area contributed by atoms with Crippen molar-refractivity contribution in [3.63, 3.8) is 0 Å². The van der Waals surface area contributed by atoms with Crippen LogP contribution in [0.2, 0.25) is 0 Å². The third kappa shape index (κ3) is 12.2. The molecule has 2 rings (SSSR count). The van der Waals surface area contributed by atoms with E-state index in [0.29, 0.717) is 45.1 Å². The van der Waals surface area contributed by atoms with Crippen molar-refractivity contribution in [2.24, 2.45) is 16.5 Å². The number of carbonyl (C=O) groups excluding carboxylic acids is 2. The normalized spacial score (nSPS) is 18.3. The number of amides is 2. The number of ether oxygens (including phenoxy) is 2. The number of rotatable bonds is 17. The maximum atomic E-state index is 12.7. The Morgan fingerprint density at radius 3 is 2.55 bits per heavy atom. The lowest BCUT2D eigenvalue weighted by molar-refractivity contribution is -0.139. The van der Waals surface area contributed by atoms with Gasteiger partial charge in [0.25, 0.3) is 0 Å². The van der Waals surface area contributed by atoms with E-state index in [0.717, 1.165) is 5.56 Å². The molecule has 8 N–H and O–H groups in total. The van der Waals surface area contributed by atoms with Gasteiger partial charge in [0.1, 0.15) is 18.8 Å². The number of hydrogen-bond acceptors (Lipinski definition) is 8. The Hall–Kier alpha value is -3.43. The Kier molecular flexibility index (Phi) is 13.6. The third-order valence-electron chi connectivity index (χ3n) is 6.14. The highest BCUT2D eigenvalue weighted by Crippen LogP contribution is 2.25. The zero-order chi connectivity index (χ0) is 29.5. The summed E-state index contributed by atoms with van der Waals surface area (Å²) in [6.07, 6.45) is 0.662. The Balaban J connectivity index is 1.94. The lowest BCUT2D eigenvalue weighted by Crippen LogP contribution is -2.50. The molecule has 1 aliphatic heterocycles. The number of hydrogen-bond donors (Lipinski definition) is 6. The van der Waals surface area contributed by atoms with Crippen molar-refractivity contribution < 1.29 is 37.4 Å². The fourth-order valence-corrected chi connectivity index (χ4v) is 5.45. The van der Waals surface area contributed by atoms with E-state index < -0.39 is 58.8 Å². The van der Waals surface area contributed by atoms with Crippen LogP contribution < -0.4 is 26.8 Å². The Morgan fingerprint density at radius 1 is 1.18 bits per heavy atom. The van der Waals surface area contributed by atoms with E-state index in [4.69, 9.17) is 20.9 Å². The summed E-state index contributed by atoms with van der Waals surface area (Å²) in [5, 5.41) is 14.7. The molecule has 1 aromatic rings. The van der Waals surface area contributed by atoms with Gasteiger partial charge in [0, 0.05) is 13.1 Å². The summed E-state index contributed by atoms with van der Waals surface area (Å²) in [6.45, 7) is 1.78. The number of sulfonamides is 1. The number of guanidine groups is 1. The molecule has 1 fully saturated rings. The smallest absolute Gasteiger partial charge is 0.407 e. The second-order valence-electron chi connectivity index (χ2n) is 9.43. The molecule has 1 heterocycles. The molecule has 0 saturated carbocycles. The van der Waals surface area contributed by atoms with E-state index in [-0.39, 0.29) is 18.3 Å². The van der Waals surface area contributed by atoms with Crippen LogP contribution in [0, 0.1) is 0 Å². The number of nitrogens with one attached hydrogen (secondary N) is 3. The number of carbonyl (C=O) groups is 3. The van der Waals surface area contributed by atoms with Gasteiger partial charge >= 0.3 is 12.1 Å². The Morgan fingerprint density at radius 2 is 1.90 bits per heavy atom. The van der Waals surface area contributed by atoms with Gasteiger partial charge in [-0.15, -0.1) is 0 Å². The van der Waals surface area contributed by atoms with Crippen LogP contribution in [0.3, 0.4) is 0 Å². The molecule has 0 radical (unpaired) electrons. The van der Waals surface area contributed by atoms with E-state index in [2.05, 4.69) is 20.3 Å². The maximum Gasteiger partial charge on any atom is 0.407 e. The van der Waals surface area contributed by atoms with Crippen LogP contribution in [0.1, 0.15) is 51.0 Å². The number of nitrogens with zero attached hydrogens (tertiary/aromatic N) is 1. The monoisotopic (exact) mass is 584 g/mol. The number of carboxylic acid groups (broad SMARTS) is 1. The molecule has 1 aromatic carbocycles. The number of nitrogens with two attached hydrogens (primary N) is 2. The fourth-order valence-electron chi connectivity index (χ4n) is 4.04. The van der Waals surface area contributed by atoms with Crippen molar-refractivity contribution in [3.05, 3.63) is 35.9 Å². The minimum atomic E-state index is -3.82. The minimum Gasteiger partial charge on any atom is -0.480 e. The van der Waals surface area contributed by atoms with Crippen molar-refractivity contribution in [1.29, 1.82) is 0 Å². The van der Waals surface area contributed by atoms with Gasteiger partial charge in [-0.25, -0.2) is 13.2 Å². The topological polar surface area (TPSA) is 225 Å². The first-order chi connectivity index (χ1) is 19.0. The van der Waals surface area contributed by atoms with Gasteiger partial charge in [-0.1, -0.05) is 43.7 Å². The molecule has 0 spiro atoms. The third-order valence-corrected chi connectivity index (χ3v) is 7.61. The Bertz CT molecular complexity index is 1100. The first-order valence-corrected chi connectivity index (χ1v) is 14.8. The molecule has 15 heteroatoms. The first kappa shape index (κ1) is 32.8. The summed E-state index contributed by atoms with van der Waals surface area (Å²) >= 11 is 0. The van der Waals surface area contributed by atoms with Crippen molar-refractivity contribution >= 4 is 34.0 Å². The highest BCUT2D eigenvalue weighted by Gasteiger charge is 2.36. The molecule has 40 heavy (non-hydrogen) atoms. The molecule has 4 atom stereocenters. The van der Waals surface area contributed by atoms with Crippen LogP contribution in [0.5, 0.6) is 0 Å². The minimum absolute atomic E-state index is 0.0482. The first-order valence-electron chi connectivity index (χ1n) is 13.2. The van der Waals surface area contributed by atoms with Crippen molar-refractivity contribution in [2.45, 2.75) is 76.3 Å². The lowest BCUT2D eigenvalue weighted by Gasteiger charge is -2.25. The standard InChI is InChI=1S/C25H40N6O8S/c1-2-3-14-40(36,37)31-19(23(33)34)15-29-22(32)21-12-11-20(39-21)18(10-7-13-28-24(26)27)30-25(35)38-16-17-8-5-4-6-9-17/h4-6,8-9,18-21,31H,2-3,7,10-16H2,1H3,(H,29,32)(H,30,35)(H,33,34)(H4,26,27,28)/t18-,19-,20+,21+/m0/s1. The molecule has 2 amide bonds. The second-order valence-corrected chi connectivity index (χ2v) is 11.3. The number of alkyl carbamates (subject to hydrolysis) is 1. The molecule has 1 aliphatic rings. The predicted octanol–water partition coefficient (Wildman–Crippen LogP) is 0.172. The van der Waals surface area contributed by atoms with Gasteiger partial charge in [-0.05, 0) is 37.7 Å². The maximum absolute atomic E-state index is 12.7. The number of benzene rings is 1. The number of aliphatic imine (C=N–C) groups is 1. The van der Waals surface area contributed by atoms with Crippen molar-refractivity contribution in [1.82, 2.24) is 15.4 Å². The van der Waals surface area contributed by atoms with Gasteiger partial charge in [-0.3, -0.25) is 14.6 Å². The average Bonchev–Trinajstić information content (AvgIpc) is 3.41. The van der Waals surface area contributed by atoms with Crippen LogP contribution in [-0.4, -0.2) is 80.6 Å². The SMILES string of the molecule is CCCCS(=O)(=O)N[C@@H](CNC(=O)[C@H]1CC[C@H]([C@H](CCCN=C(N)N)NC(=O)OCc2ccccc2)O1)C(=O)O. The Labute approximate surface area is 234 Å². The molecular formula is C25H40N6O8S. The molecule has 1 saturated heterocycles. The number of carboxylic acids is 1. The van der Waals surface area contributed by atoms with Crippen LogP contribution in [0.25, 0.3) is 0 Å². The van der Waals surface area contributed by atoms with Crippen LogP contribution in [0.15, 0.2) is 35.3 Å².